The molecule has 2 aromatic carbocycles. The van der Waals surface area contributed by atoms with Crippen LogP contribution in [-0.2, 0) is 15.1 Å². The van der Waals surface area contributed by atoms with E-state index in [0.717, 1.165) is 6.07 Å². The molecule has 0 N–H and O–H groups in total. The van der Waals surface area contributed by atoms with Gasteiger partial charge in [-0.3, -0.25) is 14.4 Å². The first-order valence-electron chi connectivity index (χ1n) is 11.0. The largest absolute Gasteiger partial charge is 0.450 e. The van der Waals surface area contributed by atoms with E-state index in [-0.39, 0.29) is 28.8 Å². The third-order valence-electron chi connectivity index (χ3n) is 6.39. The van der Waals surface area contributed by atoms with Gasteiger partial charge >= 0.3 is 0 Å². The Balaban J connectivity index is 1.82. The molecule has 3 heterocycles. The molecule has 33 heavy (non-hydrogen) atoms. The van der Waals surface area contributed by atoms with E-state index in [1.165, 1.54) is 17.0 Å². The molecule has 0 radical (unpaired) electrons. The third-order valence-corrected chi connectivity index (χ3v) is 6.39. The molecule has 0 aliphatic carbocycles. The van der Waals surface area contributed by atoms with Crippen molar-refractivity contribution < 1.29 is 23.1 Å². The summed E-state index contributed by atoms with van der Waals surface area (Å²) in [4.78, 5) is 44.4. The Bertz CT molecular complexity index is 1350. The topological polar surface area (TPSA) is 80.1 Å². The summed E-state index contributed by atoms with van der Waals surface area (Å²) in [7, 11) is 0. The van der Waals surface area contributed by atoms with Crippen LogP contribution in [0.5, 0.6) is 0 Å². The van der Waals surface area contributed by atoms with Crippen LogP contribution in [0.15, 0.2) is 51.7 Å². The summed E-state index contributed by atoms with van der Waals surface area (Å²) >= 11 is 0. The van der Waals surface area contributed by atoms with Gasteiger partial charge in [-0.15, -0.1) is 0 Å². The summed E-state index contributed by atoms with van der Waals surface area (Å²) in [6.07, 6.45) is 0.471. The number of rotatable bonds is 6. The fourth-order valence-corrected chi connectivity index (χ4v) is 5.05. The zero-order valence-electron chi connectivity index (χ0n) is 18.4. The molecule has 1 aromatic heterocycles. The maximum absolute atomic E-state index is 14.0. The molecule has 170 valence electrons. The van der Waals surface area contributed by atoms with Gasteiger partial charge in [0.25, 0.3) is 11.8 Å². The van der Waals surface area contributed by atoms with Crippen LogP contribution in [0, 0.1) is 5.82 Å². The lowest BCUT2D eigenvalue weighted by Crippen LogP contribution is -2.53. The van der Waals surface area contributed by atoms with Crippen LogP contribution in [0.2, 0.25) is 0 Å². The molecular formula is C25H23FN2O5. The fraction of sp³-hybridized carbons (Fsp3) is 0.320. The lowest BCUT2D eigenvalue weighted by atomic mass is 9.84. The highest BCUT2D eigenvalue weighted by Crippen LogP contribution is 2.52. The zero-order chi connectivity index (χ0) is 23.3. The summed E-state index contributed by atoms with van der Waals surface area (Å²) in [6.45, 7) is 5.19. The van der Waals surface area contributed by atoms with Gasteiger partial charge in [0.15, 0.2) is 11.0 Å². The molecule has 2 aliphatic heterocycles. The Labute approximate surface area is 189 Å². The van der Waals surface area contributed by atoms with Crippen molar-refractivity contribution in [2.45, 2.75) is 25.8 Å². The van der Waals surface area contributed by atoms with E-state index in [9.17, 15) is 18.8 Å². The van der Waals surface area contributed by atoms with Crippen LogP contribution in [-0.4, -0.2) is 43.0 Å². The maximum atomic E-state index is 14.0. The second-order valence-electron chi connectivity index (χ2n) is 8.06. The van der Waals surface area contributed by atoms with Gasteiger partial charge in [0.1, 0.15) is 11.4 Å². The van der Waals surface area contributed by atoms with E-state index in [0.29, 0.717) is 37.4 Å². The number of para-hydroxylation sites is 1. The van der Waals surface area contributed by atoms with E-state index < -0.39 is 28.6 Å². The van der Waals surface area contributed by atoms with Crippen molar-refractivity contribution in [1.29, 1.82) is 0 Å². The van der Waals surface area contributed by atoms with Gasteiger partial charge in [-0.05, 0) is 44.5 Å². The normalized spacial score (nSPS) is 19.1. The summed E-state index contributed by atoms with van der Waals surface area (Å²) in [5, 5.41) is -0.00248. The highest BCUT2D eigenvalue weighted by molar-refractivity contribution is 6.17. The number of carbonyl (C=O) groups excluding carboxylic acids is 2. The lowest BCUT2D eigenvalue weighted by molar-refractivity contribution is -0.126. The molecule has 1 atom stereocenters. The Morgan fingerprint density at radius 2 is 1.88 bits per heavy atom. The summed E-state index contributed by atoms with van der Waals surface area (Å²) in [6, 6.07) is 10.7. The number of fused-ring (bicyclic) bond motifs is 5. The SMILES string of the molecule is CCOCCCN1C(=O)c2oc3ccc(F)cc3c(=O)c2C12C(=O)N(CC)c1ccccc12. The molecule has 7 nitrogen and oxygen atoms in total. The average Bonchev–Trinajstić information content (AvgIpc) is 3.21. The van der Waals surface area contributed by atoms with E-state index >= 15 is 0 Å². The highest BCUT2D eigenvalue weighted by atomic mass is 19.1. The van der Waals surface area contributed by atoms with Crippen LogP contribution in [0.3, 0.4) is 0 Å². The molecule has 2 aliphatic rings. The molecule has 5 rings (SSSR count). The van der Waals surface area contributed by atoms with Crippen molar-refractivity contribution in [3.8, 4) is 0 Å². The molecular weight excluding hydrogens is 427 g/mol. The lowest BCUT2D eigenvalue weighted by Gasteiger charge is -2.34. The van der Waals surface area contributed by atoms with Crippen LogP contribution in [0.4, 0.5) is 10.1 Å². The van der Waals surface area contributed by atoms with Gasteiger partial charge in [-0.25, -0.2) is 4.39 Å². The van der Waals surface area contributed by atoms with Crippen molar-refractivity contribution in [2.75, 3.05) is 31.2 Å². The number of hydrogen-bond acceptors (Lipinski definition) is 5. The number of carbonyl (C=O) groups is 2. The van der Waals surface area contributed by atoms with E-state index in [1.54, 1.807) is 23.1 Å². The van der Waals surface area contributed by atoms with E-state index in [4.69, 9.17) is 9.15 Å². The second kappa shape index (κ2) is 7.81. The quantitative estimate of drug-likeness (QED) is 0.538. The molecule has 2 amide bonds. The number of ether oxygens (including phenoxy) is 1. The van der Waals surface area contributed by atoms with Gasteiger partial charge < -0.3 is 19.0 Å². The van der Waals surface area contributed by atoms with E-state index in [2.05, 4.69) is 0 Å². The predicted molar refractivity (Wildman–Crippen MR) is 120 cm³/mol. The monoisotopic (exact) mass is 450 g/mol. The number of hydrogen-bond donors (Lipinski definition) is 0. The minimum Gasteiger partial charge on any atom is -0.450 e. The molecule has 1 unspecified atom stereocenters. The number of likely N-dealkylation sites (N-methyl/N-ethyl adjacent to an activating group) is 1. The smallest absolute Gasteiger partial charge is 0.291 e. The van der Waals surface area contributed by atoms with Crippen LogP contribution in [0.1, 0.15) is 41.9 Å². The second-order valence-corrected chi connectivity index (χ2v) is 8.06. The first kappa shape index (κ1) is 21.3. The average molecular weight is 450 g/mol. The first-order chi connectivity index (χ1) is 16.0. The predicted octanol–water partition coefficient (Wildman–Crippen LogP) is 3.42. The summed E-state index contributed by atoms with van der Waals surface area (Å²) < 4.78 is 25.3. The van der Waals surface area contributed by atoms with Gasteiger partial charge in [0.05, 0.1) is 16.6 Å². The molecule has 1 spiro atoms. The number of nitrogens with zero attached hydrogens (tertiary/aromatic N) is 2. The minimum atomic E-state index is -1.66. The van der Waals surface area contributed by atoms with Crippen molar-refractivity contribution >= 4 is 28.5 Å². The standard InChI is InChI=1S/C25H23FN2O5/c1-3-27-18-9-6-5-8-17(18)25(24(27)31)20-21(29)16-14-15(26)10-11-19(16)33-22(20)23(30)28(25)12-7-13-32-4-2/h5-6,8-11,14H,3-4,7,12-13H2,1-2H3. The molecule has 8 heteroatoms. The van der Waals surface area contributed by atoms with Gasteiger partial charge in [-0.1, -0.05) is 18.2 Å². The summed E-state index contributed by atoms with van der Waals surface area (Å²) in [5.41, 5.74) is -0.997. The van der Waals surface area contributed by atoms with Crippen molar-refractivity contribution in [2.24, 2.45) is 0 Å². The Morgan fingerprint density at radius 3 is 2.64 bits per heavy atom. The number of halogens is 1. The Kier molecular flexibility index (Phi) is 5.05. The molecule has 3 aromatic rings. The molecule has 0 saturated carbocycles. The molecule has 0 fully saturated rings. The number of amides is 2. The summed E-state index contributed by atoms with van der Waals surface area (Å²) in [5.74, 6) is -1.70. The first-order valence-corrected chi connectivity index (χ1v) is 11.0. The third kappa shape index (κ3) is 2.80. The zero-order valence-corrected chi connectivity index (χ0v) is 18.4. The van der Waals surface area contributed by atoms with Gasteiger partial charge in [0, 0.05) is 31.9 Å². The highest BCUT2D eigenvalue weighted by Gasteiger charge is 2.64. The Hall–Kier alpha value is -3.52. The van der Waals surface area contributed by atoms with Gasteiger partial charge in [0.2, 0.25) is 5.76 Å². The minimum absolute atomic E-state index is 0.00248. The van der Waals surface area contributed by atoms with E-state index in [1.807, 2.05) is 19.9 Å². The van der Waals surface area contributed by atoms with Crippen LogP contribution in [0.25, 0.3) is 11.0 Å². The van der Waals surface area contributed by atoms with Crippen molar-refractivity contribution in [3.05, 3.63) is 75.4 Å². The van der Waals surface area contributed by atoms with Crippen molar-refractivity contribution in [3.63, 3.8) is 0 Å². The molecule has 0 saturated heterocycles. The maximum Gasteiger partial charge on any atom is 0.291 e. The van der Waals surface area contributed by atoms with Crippen LogP contribution >= 0.6 is 0 Å². The fourth-order valence-electron chi connectivity index (χ4n) is 5.05. The van der Waals surface area contributed by atoms with Crippen LogP contribution < -0.4 is 10.3 Å². The number of benzene rings is 2. The van der Waals surface area contributed by atoms with Gasteiger partial charge in [-0.2, -0.15) is 0 Å². The molecule has 0 bridgehead atoms. The number of anilines is 1. The van der Waals surface area contributed by atoms with Crippen molar-refractivity contribution in [1.82, 2.24) is 4.90 Å². The Morgan fingerprint density at radius 1 is 1.09 bits per heavy atom.